The van der Waals surface area contributed by atoms with Gasteiger partial charge >= 0.3 is 0 Å². The first kappa shape index (κ1) is 11.8. The molecule has 0 unspecified atom stereocenters. The van der Waals surface area contributed by atoms with Crippen molar-refractivity contribution in [2.45, 2.75) is 20.8 Å². The van der Waals surface area contributed by atoms with E-state index in [1.54, 1.807) is 6.20 Å². The maximum Gasteiger partial charge on any atom is 0.129 e. The average molecular weight is 278 g/mol. The summed E-state index contributed by atoms with van der Waals surface area (Å²) in [7, 11) is 0. The molecule has 14 heavy (non-hydrogen) atoms. The molecule has 0 spiro atoms. The number of halogens is 2. The minimum Gasteiger partial charge on any atom is -0.382 e. The van der Waals surface area contributed by atoms with Crippen LogP contribution in [0.1, 0.15) is 20.8 Å². The Kier molecular flexibility index (Phi) is 3.78. The molecule has 0 aromatic carbocycles. The zero-order valence-corrected chi connectivity index (χ0v) is 10.9. The Labute approximate surface area is 98.2 Å². The Balaban J connectivity index is 2.72. The van der Waals surface area contributed by atoms with E-state index in [9.17, 15) is 0 Å². The third kappa shape index (κ3) is 3.84. The molecule has 1 aromatic rings. The van der Waals surface area contributed by atoms with Crippen LogP contribution in [0.5, 0.6) is 0 Å². The molecular formula is C10H14BrClN2. The maximum atomic E-state index is 5.84. The summed E-state index contributed by atoms with van der Waals surface area (Å²) in [5.74, 6) is 0. The van der Waals surface area contributed by atoms with Crippen molar-refractivity contribution in [2.24, 2.45) is 5.41 Å². The van der Waals surface area contributed by atoms with Crippen molar-refractivity contribution < 1.29 is 0 Å². The highest BCUT2D eigenvalue weighted by molar-refractivity contribution is 9.10. The van der Waals surface area contributed by atoms with Crippen LogP contribution >= 0.6 is 27.5 Å². The Morgan fingerprint density at radius 3 is 2.71 bits per heavy atom. The Morgan fingerprint density at radius 1 is 1.50 bits per heavy atom. The predicted octanol–water partition coefficient (Wildman–Crippen LogP) is 3.96. The van der Waals surface area contributed by atoms with Crippen LogP contribution in [-0.2, 0) is 0 Å². The van der Waals surface area contributed by atoms with Gasteiger partial charge in [-0.05, 0) is 27.4 Å². The van der Waals surface area contributed by atoms with Gasteiger partial charge in [-0.3, -0.25) is 0 Å². The van der Waals surface area contributed by atoms with E-state index in [0.29, 0.717) is 5.02 Å². The number of nitrogens with zero attached hydrogens (tertiary/aromatic N) is 1. The molecule has 1 heterocycles. The summed E-state index contributed by atoms with van der Waals surface area (Å²) in [6.45, 7) is 7.40. The summed E-state index contributed by atoms with van der Waals surface area (Å²) in [5, 5.41) is 3.94. The highest BCUT2D eigenvalue weighted by Gasteiger charge is 2.10. The number of aromatic nitrogens is 1. The van der Waals surface area contributed by atoms with Gasteiger partial charge in [0.05, 0.1) is 10.7 Å². The molecule has 0 amide bonds. The van der Waals surface area contributed by atoms with Crippen molar-refractivity contribution in [1.29, 1.82) is 0 Å². The molecule has 0 atom stereocenters. The third-order valence-electron chi connectivity index (χ3n) is 1.61. The molecular weight excluding hydrogens is 263 g/mol. The molecule has 0 aliphatic heterocycles. The average Bonchev–Trinajstić information content (AvgIpc) is 2.05. The SMILES string of the molecule is CC(C)(C)CNc1cc(Cl)cnc1Br. The topological polar surface area (TPSA) is 24.9 Å². The lowest BCUT2D eigenvalue weighted by Gasteiger charge is -2.20. The molecule has 0 aliphatic rings. The molecule has 0 bridgehead atoms. The molecule has 2 nitrogen and oxygen atoms in total. The van der Waals surface area contributed by atoms with Gasteiger partial charge in [-0.25, -0.2) is 4.98 Å². The second-order valence-corrected chi connectivity index (χ2v) is 5.59. The van der Waals surface area contributed by atoms with E-state index in [2.05, 4.69) is 47.0 Å². The quantitative estimate of drug-likeness (QED) is 0.828. The lowest BCUT2D eigenvalue weighted by atomic mass is 9.97. The molecule has 0 radical (unpaired) electrons. The van der Waals surface area contributed by atoms with Gasteiger partial charge in [-0.1, -0.05) is 32.4 Å². The zero-order valence-electron chi connectivity index (χ0n) is 8.56. The molecule has 0 fully saturated rings. The third-order valence-corrected chi connectivity index (χ3v) is 2.45. The minimum atomic E-state index is 0.238. The second-order valence-electron chi connectivity index (χ2n) is 4.41. The van der Waals surface area contributed by atoms with Crippen LogP contribution in [0.15, 0.2) is 16.9 Å². The van der Waals surface area contributed by atoms with E-state index in [1.165, 1.54) is 0 Å². The molecule has 1 rings (SSSR count). The molecule has 78 valence electrons. The van der Waals surface area contributed by atoms with Crippen LogP contribution in [0.3, 0.4) is 0 Å². The lowest BCUT2D eigenvalue weighted by Crippen LogP contribution is -2.19. The number of pyridine rings is 1. The summed E-state index contributed by atoms with van der Waals surface area (Å²) in [4.78, 5) is 4.10. The van der Waals surface area contributed by atoms with Crippen LogP contribution in [0.2, 0.25) is 5.02 Å². The molecule has 0 saturated heterocycles. The van der Waals surface area contributed by atoms with Gasteiger partial charge in [0.25, 0.3) is 0 Å². The monoisotopic (exact) mass is 276 g/mol. The number of rotatable bonds is 2. The van der Waals surface area contributed by atoms with Crippen LogP contribution in [0.4, 0.5) is 5.69 Å². The Bertz CT molecular complexity index is 320. The van der Waals surface area contributed by atoms with Crippen molar-refractivity contribution in [3.8, 4) is 0 Å². The van der Waals surface area contributed by atoms with Crippen molar-refractivity contribution in [1.82, 2.24) is 4.98 Å². The van der Waals surface area contributed by atoms with Gasteiger partial charge in [0.15, 0.2) is 0 Å². The van der Waals surface area contributed by atoms with Gasteiger partial charge in [0.1, 0.15) is 4.60 Å². The van der Waals surface area contributed by atoms with Gasteiger partial charge in [-0.2, -0.15) is 0 Å². The summed E-state index contributed by atoms with van der Waals surface area (Å²) < 4.78 is 0.797. The van der Waals surface area contributed by atoms with Crippen LogP contribution in [-0.4, -0.2) is 11.5 Å². The number of nitrogens with one attached hydrogen (secondary N) is 1. The van der Waals surface area contributed by atoms with Gasteiger partial charge < -0.3 is 5.32 Å². The van der Waals surface area contributed by atoms with Crippen LogP contribution in [0, 0.1) is 5.41 Å². The smallest absolute Gasteiger partial charge is 0.129 e. The van der Waals surface area contributed by atoms with E-state index < -0.39 is 0 Å². The van der Waals surface area contributed by atoms with E-state index in [0.717, 1.165) is 16.8 Å². The highest BCUT2D eigenvalue weighted by atomic mass is 79.9. The molecule has 0 saturated carbocycles. The van der Waals surface area contributed by atoms with Crippen molar-refractivity contribution in [3.05, 3.63) is 21.9 Å². The summed E-state index contributed by atoms with van der Waals surface area (Å²) in [6, 6.07) is 1.87. The fraction of sp³-hybridized carbons (Fsp3) is 0.500. The van der Waals surface area contributed by atoms with E-state index >= 15 is 0 Å². The van der Waals surface area contributed by atoms with Crippen LogP contribution in [0.25, 0.3) is 0 Å². The fourth-order valence-electron chi connectivity index (χ4n) is 0.907. The van der Waals surface area contributed by atoms with Gasteiger partial charge in [0, 0.05) is 12.7 Å². The Hall–Kier alpha value is -0.280. The summed E-state index contributed by atoms with van der Waals surface area (Å²) in [5.41, 5.74) is 1.18. The van der Waals surface area contributed by atoms with Crippen molar-refractivity contribution in [2.75, 3.05) is 11.9 Å². The highest BCUT2D eigenvalue weighted by Crippen LogP contribution is 2.24. The summed E-state index contributed by atoms with van der Waals surface area (Å²) >= 11 is 9.21. The first-order valence-corrected chi connectivity index (χ1v) is 5.60. The summed E-state index contributed by atoms with van der Waals surface area (Å²) in [6.07, 6.45) is 1.62. The second kappa shape index (κ2) is 4.49. The number of anilines is 1. The van der Waals surface area contributed by atoms with Crippen LogP contribution < -0.4 is 5.32 Å². The first-order valence-electron chi connectivity index (χ1n) is 4.43. The van der Waals surface area contributed by atoms with E-state index in [1.807, 2.05) is 6.07 Å². The number of hydrogen-bond acceptors (Lipinski definition) is 2. The largest absolute Gasteiger partial charge is 0.382 e. The first-order chi connectivity index (χ1) is 6.38. The zero-order chi connectivity index (χ0) is 10.8. The van der Waals surface area contributed by atoms with Crippen molar-refractivity contribution >= 4 is 33.2 Å². The van der Waals surface area contributed by atoms with Gasteiger partial charge in [0.2, 0.25) is 0 Å². The molecule has 4 heteroatoms. The standard InChI is InChI=1S/C10H14BrClN2/c1-10(2,3)6-14-8-4-7(12)5-13-9(8)11/h4-5,14H,6H2,1-3H3. The fourth-order valence-corrected chi connectivity index (χ4v) is 1.42. The van der Waals surface area contributed by atoms with E-state index in [4.69, 9.17) is 11.6 Å². The maximum absolute atomic E-state index is 5.84. The normalized spacial score (nSPS) is 11.5. The predicted molar refractivity (Wildman–Crippen MR) is 64.9 cm³/mol. The molecule has 1 N–H and O–H groups in total. The number of hydrogen-bond donors (Lipinski definition) is 1. The van der Waals surface area contributed by atoms with E-state index in [-0.39, 0.29) is 5.41 Å². The van der Waals surface area contributed by atoms with Gasteiger partial charge in [-0.15, -0.1) is 0 Å². The lowest BCUT2D eigenvalue weighted by molar-refractivity contribution is 0.443. The molecule has 0 aliphatic carbocycles. The minimum absolute atomic E-state index is 0.238. The molecule has 1 aromatic heterocycles. The Morgan fingerprint density at radius 2 is 2.14 bits per heavy atom. The van der Waals surface area contributed by atoms with Crippen molar-refractivity contribution in [3.63, 3.8) is 0 Å².